The van der Waals surface area contributed by atoms with Crippen LogP contribution < -0.4 is 10.1 Å². The van der Waals surface area contributed by atoms with E-state index in [0.717, 1.165) is 18.4 Å². The van der Waals surface area contributed by atoms with Gasteiger partial charge in [-0.25, -0.2) is 8.42 Å². The van der Waals surface area contributed by atoms with Gasteiger partial charge in [0.25, 0.3) is 5.91 Å². The summed E-state index contributed by atoms with van der Waals surface area (Å²) in [6.45, 7) is 3.62. The number of aryl methyl sites for hydroxylation is 1. The van der Waals surface area contributed by atoms with Gasteiger partial charge in [0.15, 0.2) is 0 Å². The third-order valence-corrected chi connectivity index (χ3v) is 7.04. The summed E-state index contributed by atoms with van der Waals surface area (Å²) in [4.78, 5) is 13.0. The van der Waals surface area contributed by atoms with Crippen molar-refractivity contribution in [2.24, 2.45) is 0 Å². The Morgan fingerprint density at radius 1 is 1.13 bits per heavy atom. The number of sulfonamides is 1. The average molecular weight is 453 g/mol. The van der Waals surface area contributed by atoms with Gasteiger partial charge in [0.1, 0.15) is 12.4 Å². The van der Waals surface area contributed by atoms with Crippen molar-refractivity contribution in [3.05, 3.63) is 52.5 Å². The van der Waals surface area contributed by atoms with Crippen molar-refractivity contribution in [3.63, 3.8) is 0 Å². The molecule has 3 rings (SSSR count). The van der Waals surface area contributed by atoms with Crippen LogP contribution in [0.4, 0.5) is 5.69 Å². The van der Waals surface area contributed by atoms with Gasteiger partial charge in [-0.2, -0.15) is 4.31 Å². The van der Waals surface area contributed by atoms with E-state index in [-0.39, 0.29) is 15.5 Å². The lowest BCUT2D eigenvalue weighted by atomic mass is 10.1. The van der Waals surface area contributed by atoms with Crippen LogP contribution >= 0.6 is 11.6 Å². The van der Waals surface area contributed by atoms with E-state index < -0.39 is 15.9 Å². The number of carbonyl (C=O) groups is 1. The Bertz CT molecular complexity index is 1020. The minimum atomic E-state index is -3.66. The lowest BCUT2D eigenvalue weighted by molar-refractivity contribution is 0.102. The van der Waals surface area contributed by atoms with Gasteiger partial charge in [-0.05, 0) is 55.7 Å². The quantitative estimate of drug-likeness (QED) is 0.617. The van der Waals surface area contributed by atoms with E-state index in [2.05, 4.69) is 5.32 Å². The van der Waals surface area contributed by atoms with Crippen molar-refractivity contribution in [1.82, 2.24) is 4.31 Å². The molecule has 9 heteroatoms. The zero-order chi connectivity index (χ0) is 21.7. The number of rotatable bonds is 8. The second kappa shape index (κ2) is 9.78. The van der Waals surface area contributed by atoms with Crippen molar-refractivity contribution in [3.8, 4) is 5.75 Å². The Kier molecular flexibility index (Phi) is 7.36. The fourth-order valence-corrected chi connectivity index (χ4v) is 4.94. The molecule has 0 radical (unpaired) electrons. The third-order valence-electron chi connectivity index (χ3n) is 4.82. The lowest BCUT2D eigenvalue weighted by Gasteiger charge is -2.17. The topological polar surface area (TPSA) is 84.9 Å². The van der Waals surface area contributed by atoms with Crippen molar-refractivity contribution < 1.29 is 22.7 Å². The number of anilines is 1. The first-order chi connectivity index (χ1) is 14.3. The summed E-state index contributed by atoms with van der Waals surface area (Å²) < 4.78 is 37.8. The van der Waals surface area contributed by atoms with Gasteiger partial charge >= 0.3 is 0 Å². The summed E-state index contributed by atoms with van der Waals surface area (Å²) >= 11 is 6.22. The molecule has 2 aromatic rings. The molecule has 0 spiro atoms. The highest BCUT2D eigenvalue weighted by molar-refractivity contribution is 7.89. The number of amides is 1. The number of hydrogen-bond acceptors (Lipinski definition) is 5. The fourth-order valence-electron chi connectivity index (χ4n) is 3.19. The van der Waals surface area contributed by atoms with Crippen molar-refractivity contribution in [2.75, 3.05) is 38.7 Å². The van der Waals surface area contributed by atoms with Crippen LogP contribution in [0.1, 0.15) is 28.8 Å². The zero-order valence-corrected chi connectivity index (χ0v) is 18.6. The molecule has 0 bridgehead atoms. The molecule has 1 saturated heterocycles. The molecular weight excluding hydrogens is 428 g/mol. The van der Waals surface area contributed by atoms with Gasteiger partial charge < -0.3 is 14.8 Å². The molecular formula is C21H25ClN2O5S. The summed E-state index contributed by atoms with van der Waals surface area (Å²) in [5.74, 6) is -0.0173. The van der Waals surface area contributed by atoms with E-state index in [1.54, 1.807) is 19.2 Å². The fraction of sp³-hybridized carbons (Fsp3) is 0.381. The molecule has 0 unspecified atom stereocenters. The first-order valence-corrected chi connectivity index (χ1v) is 11.5. The molecule has 162 valence electrons. The van der Waals surface area contributed by atoms with E-state index in [1.807, 2.05) is 13.0 Å². The Labute approximate surface area is 182 Å². The van der Waals surface area contributed by atoms with Crippen LogP contribution in [0.5, 0.6) is 5.75 Å². The van der Waals surface area contributed by atoms with Gasteiger partial charge in [-0.15, -0.1) is 0 Å². The third kappa shape index (κ3) is 5.13. The molecule has 2 aromatic carbocycles. The molecule has 7 nitrogen and oxygen atoms in total. The van der Waals surface area contributed by atoms with Gasteiger partial charge in [0.05, 0.1) is 27.8 Å². The number of halogens is 1. The highest BCUT2D eigenvalue weighted by atomic mass is 35.5. The van der Waals surface area contributed by atoms with Crippen LogP contribution in [-0.4, -0.2) is 52.0 Å². The lowest BCUT2D eigenvalue weighted by Crippen LogP contribution is -2.28. The zero-order valence-electron chi connectivity index (χ0n) is 17.0. The molecule has 1 fully saturated rings. The molecule has 0 aliphatic carbocycles. The maximum Gasteiger partial charge on any atom is 0.257 e. The highest BCUT2D eigenvalue weighted by Gasteiger charge is 2.28. The van der Waals surface area contributed by atoms with Crippen LogP contribution in [0.2, 0.25) is 5.02 Å². The Morgan fingerprint density at radius 2 is 1.87 bits per heavy atom. The molecule has 0 atom stereocenters. The summed E-state index contributed by atoms with van der Waals surface area (Å²) in [7, 11) is -2.08. The van der Waals surface area contributed by atoms with Crippen molar-refractivity contribution in [1.29, 1.82) is 0 Å². The van der Waals surface area contributed by atoms with Gasteiger partial charge in [-0.3, -0.25) is 4.79 Å². The summed E-state index contributed by atoms with van der Waals surface area (Å²) in [5.41, 5.74) is 1.52. The Morgan fingerprint density at radius 3 is 2.57 bits per heavy atom. The minimum absolute atomic E-state index is 0.0550. The Hall–Kier alpha value is -2.13. The molecule has 1 amide bonds. The van der Waals surface area contributed by atoms with Crippen LogP contribution in [0, 0.1) is 6.92 Å². The van der Waals surface area contributed by atoms with E-state index in [9.17, 15) is 13.2 Å². The molecule has 0 saturated carbocycles. The second-order valence-electron chi connectivity index (χ2n) is 7.05. The summed E-state index contributed by atoms with van der Waals surface area (Å²) in [5, 5.41) is 2.94. The molecule has 1 N–H and O–H groups in total. The Balaban J connectivity index is 1.85. The number of ether oxygens (including phenoxy) is 2. The normalized spacial score (nSPS) is 14.6. The van der Waals surface area contributed by atoms with Crippen LogP contribution in [0.25, 0.3) is 0 Å². The molecule has 1 aliphatic rings. The summed E-state index contributed by atoms with van der Waals surface area (Å²) in [6.07, 6.45) is 1.67. The number of carbonyl (C=O) groups excluding carboxylic acids is 1. The van der Waals surface area contributed by atoms with Crippen molar-refractivity contribution >= 4 is 33.2 Å². The van der Waals surface area contributed by atoms with Crippen molar-refractivity contribution in [2.45, 2.75) is 24.7 Å². The monoisotopic (exact) mass is 452 g/mol. The maximum atomic E-state index is 12.9. The van der Waals surface area contributed by atoms with E-state index in [0.29, 0.717) is 37.7 Å². The van der Waals surface area contributed by atoms with Crippen LogP contribution in [-0.2, 0) is 14.8 Å². The van der Waals surface area contributed by atoms with Gasteiger partial charge in [-0.1, -0.05) is 17.7 Å². The van der Waals surface area contributed by atoms with E-state index in [1.165, 1.54) is 22.5 Å². The second-order valence-corrected chi connectivity index (χ2v) is 9.39. The average Bonchev–Trinajstić information content (AvgIpc) is 3.26. The van der Waals surface area contributed by atoms with Crippen LogP contribution in [0.15, 0.2) is 41.3 Å². The number of nitrogens with zero attached hydrogens (tertiary/aromatic N) is 1. The molecule has 1 heterocycles. The first-order valence-electron chi connectivity index (χ1n) is 9.66. The maximum absolute atomic E-state index is 12.9. The predicted molar refractivity (Wildman–Crippen MR) is 116 cm³/mol. The number of hydrogen-bond donors (Lipinski definition) is 1. The van der Waals surface area contributed by atoms with Gasteiger partial charge in [0.2, 0.25) is 10.0 Å². The van der Waals surface area contributed by atoms with Crippen LogP contribution in [0.3, 0.4) is 0 Å². The van der Waals surface area contributed by atoms with E-state index >= 15 is 0 Å². The molecule has 1 aliphatic heterocycles. The summed E-state index contributed by atoms with van der Waals surface area (Å²) in [6, 6.07) is 9.57. The SMILES string of the molecule is COCCOc1cc(C)ccc1NC(=O)c1cc(S(=O)(=O)N2CCCC2)ccc1Cl. The number of benzene rings is 2. The predicted octanol–water partition coefficient (Wildman–Crippen LogP) is 3.71. The molecule has 30 heavy (non-hydrogen) atoms. The van der Waals surface area contributed by atoms with E-state index in [4.69, 9.17) is 21.1 Å². The smallest absolute Gasteiger partial charge is 0.257 e. The minimum Gasteiger partial charge on any atom is -0.489 e. The number of methoxy groups -OCH3 is 1. The number of nitrogens with one attached hydrogen (secondary N) is 1. The van der Waals surface area contributed by atoms with Gasteiger partial charge in [0, 0.05) is 20.2 Å². The standard InChI is InChI=1S/C21H25ClN2O5S/c1-15-5-8-19(20(13-15)29-12-11-28-2)23-21(25)17-14-16(6-7-18(17)22)30(26,27)24-9-3-4-10-24/h5-8,13-14H,3-4,9-12H2,1-2H3,(H,23,25). The first kappa shape index (κ1) is 22.6. The molecule has 0 aromatic heterocycles. The highest BCUT2D eigenvalue weighted by Crippen LogP contribution is 2.29. The largest absolute Gasteiger partial charge is 0.489 e.